The summed E-state index contributed by atoms with van der Waals surface area (Å²) < 4.78 is 10.3. The summed E-state index contributed by atoms with van der Waals surface area (Å²) in [6.07, 6.45) is 0.761. The molecule has 4 heteroatoms. The molecule has 0 radical (unpaired) electrons. The second kappa shape index (κ2) is 11.1. The molecule has 0 saturated heterocycles. The van der Waals surface area contributed by atoms with Gasteiger partial charge in [-0.1, -0.05) is 72.8 Å². The summed E-state index contributed by atoms with van der Waals surface area (Å²) in [6.45, 7) is 0.973. The van der Waals surface area contributed by atoms with Gasteiger partial charge in [0.05, 0.1) is 0 Å². The van der Waals surface area contributed by atoms with Gasteiger partial charge in [-0.25, -0.2) is 0 Å². The molecule has 0 heterocycles. The first-order valence-corrected chi connectivity index (χ1v) is 10.1. The summed E-state index contributed by atoms with van der Waals surface area (Å²) in [6, 6.07) is 28.7. The third kappa shape index (κ3) is 5.72. The van der Waals surface area contributed by atoms with Crippen molar-refractivity contribution in [3.63, 3.8) is 0 Å². The predicted octanol–water partition coefficient (Wildman–Crippen LogP) is 5.83. The first-order chi connectivity index (χ1) is 14.3. The zero-order valence-electron chi connectivity index (χ0n) is 16.1. The Labute approximate surface area is 176 Å². The number of alkyl halides is 1. The molecular weight excluding hydrogens is 384 g/mol. The van der Waals surface area contributed by atoms with Gasteiger partial charge in [0.25, 0.3) is 6.47 Å². The number of rotatable bonds is 10. The molecule has 0 fully saturated rings. The molecule has 0 aliphatic carbocycles. The molecule has 29 heavy (non-hydrogen) atoms. The fourth-order valence-electron chi connectivity index (χ4n) is 3.24. The average Bonchev–Trinajstić information content (AvgIpc) is 2.79. The number of halogens is 1. The molecule has 0 aliphatic rings. The van der Waals surface area contributed by atoms with Crippen LogP contribution in [0.4, 0.5) is 0 Å². The molecule has 3 aromatic carbocycles. The standard InChI is InChI=1S/C25H23ClO3/c26-16-15-24(20-7-3-1-4-8-20)25(21-9-5-2-6-10-21)22-11-13-23(14-12-22)29-18-17-28-19-27/h1-14,19H,15-18H2/b25-24-. The van der Waals surface area contributed by atoms with Gasteiger partial charge in [0.1, 0.15) is 19.0 Å². The second-order valence-electron chi connectivity index (χ2n) is 6.36. The van der Waals surface area contributed by atoms with Crippen LogP contribution in [0.5, 0.6) is 5.75 Å². The van der Waals surface area contributed by atoms with Gasteiger partial charge in [0.15, 0.2) is 0 Å². The van der Waals surface area contributed by atoms with Crippen molar-refractivity contribution in [1.82, 2.24) is 0 Å². The predicted molar refractivity (Wildman–Crippen MR) is 118 cm³/mol. The Balaban J connectivity index is 2.01. The first-order valence-electron chi connectivity index (χ1n) is 9.52. The topological polar surface area (TPSA) is 35.5 Å². The van der Waals surface area contributed by atoms with Crippen LogP contribution in [0.3, 0.4) is 0 Å². The highest BCUT2D eigenvalue weighted by Gasteiger charge is 2.14. The van der Waals surface area contributed by atoms with Crippen LogP contribution in [0.2, 0.25) is 0 Å². The van der Waals surface area contributed by atoms with Crippen LogP contribution in [0, 0.1) is 0 Å². The van der Waals surface area contributed by atoms with E-state index in [1.807, 2.05) is 48.5 Å². The quantitative estimate of drug-likeness (QED) is 0.184. The lowest BCUT2D eigenvalue weighted by Gasteiger charge is -2.17. The van der Waals surface area contributed by atoms with Crippen LogP contribution in [0.15, 0.2) is 84.9 Å². The van der Waals surface area contributed by atoms with Gasteiger partial charge >= 0.3 is 0 Å². The third-order valence-corrected chi connectivity index (χ3v) is 4.70. The maximum absolute atomic E-state index is 10.2. The van der Waals surface area contributed by atoms with E-state index in [9.17, 15) is 4.79 Å². The summed E-state index contributed by atoms with van der Waals surface area (Å²) in [5.74, 6) is 1.27. The number of hydrogen-bond donors (Lipinski definition) is 0. The molecule has 3 aromatic rings. The van der Waals surface area contributed by atoms with E-state index in [0.717, 1.165) is 28.9 Å². The summed E-state index contributed by atoms with van der Waals surface area (Å²) in [4.78, 5) is 10.2. The number of carbonyl (C=O) groups is 1. The molecule has 0 spiro atoms. The monoisotopic (exact) mass is 406 g/mol. The van der Waals surface area contributed by atoms with Gasteiger partial charge in [-0.05, 0) is 46.4 Å². The summed E-state index contributed by atoms with van der Waals surface area (Å²) in [5, 5.41) is 0. The normalized spacial score (nSPS) is 11.5. The van der Waals surface area contributed by atoms with Crippen molar-refractivity contribution < 1.29 is 14.3 Å². The maximum atomic E-state index is 10.2. The molecule has 0 aromatic heterocycles. The fourth-order valence-corrected chi connectivity index (χ4v) is 3.43. The summed E-state index contributed by atoms with van der Waals surface area (Å²) in [7, 11) is 0. The zero-order valence-corrected chi connectivity index (χ0v) is 16.8. The third-order valence-electron chi connectivity index (χ3n) is 4.51. The van der Waals surface area contributed by atoms with Crippen LogP contribution >= 0.6 is 11.6 Å². The molecule has 0 saturated carbocycles. The Hall–Kier alpha value is -3.04. The van der Waals surface area contributed by atoms with E-state index < -0.39 is 0 Å². The average molecular weight is 407 g/mol. The molecule has 0 aliphatic heterocycles. The van der Waals surface area contributed by atoms with Crippen molar-refractivity contribution in [1.29, 1.82) is 0 Å². The fraction of sp³-hybridized carbons (Fsp3) is 0.160. The van der Waals surface area contributed by atoms with Crippen molar-refractivity contribution in [2.24, 2.45) is 0 Å². The lowest BCUT2D eigenvalue weighted by atomic mass is 9.88. The number of carbonyl (C=O) groups excluding carboxylic acids is 1. The minimum absolute atomic E-state index is 0.230. The van der Waals surface area contributed by atoms with E-state index in [1.54, 1.807) is 0 Å². The molecule has 0 unspecified atom stereocenters. The van der Waals surface area contributed by atoms with Crippen LogP contribution in [-0.2, 0) is 9.53 Å². The van der Waals surface area contributed by atoms with Crippen LogP contribution in [-0.4, -0.2) is 25.6 Å². The van der Waals surface area contributed by atoms with Gasteiger partial charge in [-0.15, -0.1) is 11.6 Å². The number of ether oxygens (including phenoxy) is 2. The first kappa shape index (κ1) is 20.7. The Morgan fingerprint density at radius 2 is 1.34 bits per heavy atom. The van der Waals surface area contributed by atoms with Crippen molar-refractivity contribution in [2.45, 2.75) is 6.42 Å². The highest BCUT2D eigenvalue weighted by Crippen LogP contribution is 2.35. The van der Waals surface area contributed by atoms with Gasteiger partial charge in [-0.3, -0.25) is 4.79 Å². The smallest absolute Gasteiger partial charge is 0.293 e. The maximum Gasteiger partial charge on any atom is 0.293 e. The van der Waals surface area contributed by atoms with Gasteiger partial charge in [0.2, 0.25) is 0 Å². The highest BCUT2D eigenvalue weighted by molar-refractivity contribution is 6.18. The van der Waals surface area contributed by atoms with Crippen LogP contribution in [0.25, 0.3) is 11.1 Å². The Morgan fingerprint density at radius 1 is 0.759 bits per heavy atom. The molecular formula is C25H23ClO3. The number of allylic oxidation sites excluding steroid dienone is 1. The lowest BCUT2D eigenvalue weighted by molar-refractivity contribution is -0.129. The Kier molecular flexibility index (Phi) is 7.90. The molecule has 3 nitrogen and oxygen atoms in total. The van der Waals surface area contributed by atoms with Gasteiger partial charge < -0.3 is 9.47 Å². The van der Waals surface area contributed by atoms with Crippen molar-refractivity contribution >= 4 is 29.2 Å². The zero-order chi connectivity index (χ0) is 20.3. The van der Waals surface area contributed by atoms with E-state index in [1.165, 1.54) is 11.1 Å². The van der Waals surface area contributed by atoms with Crippen molar-refractivity contribution in [2.75, 3.05) is 19.1 Å². The van der Waals surface area contributed by atoms with Crippen LogP contribution in [0.1, 0.15) is 23.1 Å². The van der Waals surface area contributed by atoms with E-state index in [4.69, 9.17) is 16.3 Å². The minimum Gasteiger partial charge on any atom is -0.490 e. The van der Waals surface area contributed by atoms with Crippen molar-refractivity contribution in [3.8, 4) is 5.75 Å². The van der Waals surface area contributed by atoms with E-state index in [0.29, 0.717) is 19.0 Å². The SMILES string of the molecule is O=COCCOc1ccc(/C(=C(/CCCl)c2ccccc2)c2ccccc2)cc1. The van der Waals surface area contributed by atoms with Gasteiger partial charge in [0, 0.05) is 5.88 Å². The molecule has 148 valence electrons. The van der Waals surface area contributed by atoms with E-state index in [2.05, 4.69) is 41.1 Å². The highest BCUT2D eigenvalue weighted by atomic mass is 35.5. The Morgan fingerprint density at radius 3 is 1.93 bits per heavy atom. The lowest BCUT2D eigenvalue weighted by Crippen LogP contribution is -2.05. The van der Waals surface area contributed by atoms with Crippen molar-refractivity contribution in [3.05, 3.63) is 102 Å². The van der Waals surface area contributed by atoms with E-state index >= 15 is 0 Å². The molecule has 0 bridgehead atoms. The molecule has 0 N–H and O–H groups in total. The second-order valence-corrected chi connectivity index (χ2v) is 6.74. The largest absolute Gasteiger partial charge is 0.490 e. The van der Waals surface area contributed by atoms with E-state index in [-0.39, 0.29) is 6.61 Å². The minimum atomic E-state index is 0.230. The Bertz CT molecular complexity index is 919. The molecule has 0 amide bonds. The van der Waals surface area contributed by atoms with Crippen LogP contribution < -0.4 is 4.74 Å². The summed E-state index contributed by atoms with van der Waals surface area (Å²) in [5.41, 5.74) is 5.77. The number of hydrogen-bond acceptors (Lipinski definition) is 3. The van der Waals surface area contributed by atoms with Gasteiger partial charge in [-0.2, -0.15) is 0 Å². The molecule has 0 atom stereocenters. The molecule has 3 rings (SSSR count). The number of benzene rings is 3. The summed E-state index contributed by atoms with van der Waals surface area (Å²) >= 11 is 6.18.